The SMILES string of the molecule is COc1ccc(C23CCC(CN(c4cc(-c5coc(C(C)C)n5)ccn4)C(=O)[C@H]4CC[C@H](OC(=O)NC5COC5)CC4)(CC2)CC3)cc1C. The first-order chi connectivity index (χ1) is 23.7. The number of ether oxygens (including phenoxy) is 3. The summed E-state index contributed by atoms with van der Waals surface area (Å²) in [4.78, 5) is 38.5. The number of amides is 2. The van der Waals surface area contributed by atoms with Crippen molar-refractivity contribution in [2.45, 2.75) is 108 Å². The average Bonchev–Trinajstić information content (AvgIpc) is 3.61. The molecule has 3 heterocycles. The molecule has 49 heavy (non-hydrogen) atoms. The minimum Gasteiger partial charge on any atom is -0.496 e. The van der Waals surface area contributed by atoms with E-state index in [0.717, 1.165) is 55.5 Å². The summed E-state index contributed by atoms with van der Waals surface area (Å²) in [6.45, 7) is 7.95. The van der Waals surface area contributed by atoms with E-state index in [-0.39, 0.29) is 40.7 Å². The van der Waals surface area contributed by atoms with Gasteiger partial charge in [0.05, 0.1) is 26.4 Å². The number of anilines is 1. The molecule has 0 spiro atoms. The quantitative estimate of drug-likeness (QED) is 0.236. The Bertz CT molecular complexity index is 1630. The summed E-state index contributed by atoms with van der Waals surface area (Å²) >= 11 is 0. The summed E-state index contributed by atoms with van der Waals surface area (Å²) in [7, 11) is 1.73. The molecule has 0 atom stereocenters. The number of rotatable bonds is 10. The summed E-state index contributed by atoms with van der Waals surface area (Å²) in [5.74, 6) is 2.43. The maximum atomic E-state index is 14.6. The molecule has 1 aromatic carbocycles. The molecule has 1 N–H and O–H groups in total. The highest BCUT2D eigenvalue weighted by Gasteiger charge is 2.51. The number of carbonyl (C=O) groups is 2. The molecule has 0 radical (unpaired) electrons. The Morgan fingerprint density at radius 2 is 1.76 bits per heavy atom. The average molecular weight is 671 g/mol. The Morgan fingerprint density at radius 3 is 2.37 bits per heavy atom. The van der Waals surface area contributed by atoms with E-state index in [1.54, 1.807) is 19.6 Å². The Hall–Kier alpha value is -3.92. The first-order valence-corrected chi connectivity index (χ1v) is 18.1. The largest absolute Gasteiger partial charge is 0.496 e. The normalized spacial score (nSPS) is 26.6. The van der Waals surface area contributed by atoms with Crippen LogP contribution in [0, 0.1) is 18.3 Å². The molecule has 2 amide bonds. The lowest BCUT2D eigenvalue weighted by atomic mass is 9.51. The third-order valence-electron chi connectivity index (χ3n) is 11.8. The molecule has 2 aromatic heterocycles. The van der Waals surface area contributed by atoms with Crippen molar-refractivity contribution in [2.75, 3.05) is 31.8 Å². The summed E-state index contributed by atoms with van der Waals surface area (Å²) in [5.41, 5.74) is 4.46. The molecule has 2 bridgehead atoms. The number of hydrogen-bond donors (Lipinski definition) is 1. The van der Waals surface area contributed by atoms with Gasteiger partial charge in [0.15, 0.2) is 5.89 Å². The monoisotopic (exact) mass is 670 g/mol. The van der Waals surface area contributed by atoms with E-state index in [0.29, 0.717) is 57.2 Å². The highest BCUT2D eigenvalue weighted by Crippen LogP contribution is 2.58. The first-order valence-electron chi connectivity index (χ1n) is 18.1. The third kappa shape index (κ3) is 6.94. The molecule has 8 rings (SSSR count). The van der Waals surface area contributed by atoms with Crippen molar-refractivity contribution in [2.24, 2.45) is 11.3 Å². The summed E-state index contributed by atoms with van der Waals surface area (Å²) in [5, 5.41) is 2.86. The Kier molecular flexibility index (Phi) is 9.43. The fourth-order valence-corrected chi connectivity index (χ4v) is 8.48. The van der Waals surface area contributed by atoms with Crippen molar-refractivity contribution in [1.29, 1.82) is 0 Å². The van der Waals surface area contributed by atoms with E-state index in [9.17, 15) is 9.59 Å². The van der Waals surface area contributed by atoms with Crippen molar-refractivity contribution >= 4 is 17.8 Å². The van der Waals surface area contributed by atoms with E-state index in [2.05, 4.69) is 44.3 Å². The molecular formula is C39H50N4O6. The van der Waals surface area contributed by atoms with E-state index in [1.807, 2.05) is 17.0 Å². The molecule has 5 aliphatic rings. The van der Waals surface area contributed by atoms with Crippen LogP contribution in [0.4, 0.5) is 10.6 Å². The van der Waals surface area contributed by atoms with Gasteiger partial charge in [-0.15, -0.1) is 0 Å². The van der Waals surface area contributed by atoms with Gasteiger partial charge in [-0.2, -0.15) is 0 Å². The van der Waals surface area contributed by atoms with Gasteiger partial charge in [0.25, 0.3) is 0 Å². The van der Waals surface area contributed by atoms with Crippen LogP contribution in [-0.2, 0) is 19.7 Å². The first kappa shape index (κ1) is 33.6. The van der Waals surface area contributed by atoms with Crippen LogP contribution in [0.25, 0.3) is 11.3 Å². The number of oxazole rings is 1. The second-order valence-corrected chi connectivity index (χ2v) is 15.3. The van der Waals surface area contributed by atoms with Crippen molar-refractivity contribution < 1.29 is 28.2 Å². The number of fused-ring (bicyclic) bond motifs is 3. The molecule has 4 saturated carbocycles. The number of nitrogens with one attached hydrogen (secondary N) is 1. The zero-order valence-electron chi connectivity index (χ0n) is 29.3. The van der Waals surface area contributed by atoms with Crippen LogP contribution < -0.4 is 15.0 Å². The lowest BCUT2D eigenvalue weighted by Crippen LogP contribution is -2.52. The number of benzene rings is 1. The van der Waals surface area contributed by atoms with Gasteiger partial charge in [-0.3, -0.25) is 9.69 Å². The molecule has 1 aliphatic heterocycles. The molecule has 5 fully saturated rings. The van der Waals surface area contributed by atoms with E-state index >= 15 is 0 Å². The number of methoxy groups -OCH3 is 1. The van der Waals surface area contributed by atoms with Crippen LogP contribution >= 0.6 is 0 Å². The summed E-state index contributed by atoms with van der Waals surface area (Å²) in [6.07, 6.45) is 12.1. The molecule has 262 valence electrons. The van der Waals surface area contributed by atoms with Crippen LogP contribution in [0.2, 0.25) is 0 Å². The molecule has 3 aromatic rings. The van der Waals surface area contributed by atoms with E-state index < -0.39 is 6.09 Å². The van der Waals surface area contributed by atoms with Crippen molar-refractivity contribution in [3.8, 4) is 17.0 Å². The minimum atomic E-state index is -0.395. The Labute approximate surface area is 289 Å². The van der Waals surface area contributed by atoms with Gasteiger partial charge < -0.3 is 23.9 Å². The van der Waals surface area contributed by atoms with E-state index in [1.165, 1.54) is 11.1 Å². The maximum absolute atomic E-state index is 14.6. The Morgan fingerprint density at radius 1 is 1.02 bits per heavy atom. The second-order valence-electron chi connectivity index (χ2n) is 15.3. The van der Waals surface area contributed by atoms with Gasteiger partial charge in [0.2, 0.25) is 5.91 Å². The smallest absolute Gasteiger partial charge is 0.407 e. The van der Waals surface area contributed by atoms with Crippen molar-refractivity contribution in [1.82, 2.24) is 15.3 Å². The van der Waals surface area contributed by atoms with Crippen molar-refractivity contribution in [3.63, 3.8) is 0 Å². The van der Waals surface area contributed by atoms with Gasteiger partial charge in [0, 0.05) is 30.1 Å². The standard InChI is InChI=1S/C39H50N4O6/c1-25(2)35-42-32(23-48-35)28-11-18-40-34(20-28)43(36(44)27-5-8-31(9-6-27)49-37(45)41-30-21-47-22-30)24-38-12-15-39(16-13-38,17-14-38)29-7-10-33(46-4)26(3)19-29/h7,10-11,18-20,23,25,27,30-31H,5-6,8-9,12-17,21-22,24H2,1-4H3,(H,41,45)/t27-,31-,38?,39?. The van der Waals surface area contributed by atoms with Crippen LogP contribution in [0.3, 0.4) is 0 Å². The predicted octanol–water partition coefficient (Wildman–Crippen LogP) is 7.49. The fraction of sp³-hybridized carbons (Fsp3) is 0.590. The molecular weight excluding hydrogens is 620 g/mol. The lowest BCUT2D eigenvalue weighted by molar-refractivity contribution is -0.124. The highest BCUT2D eigenvalue weighted by atomic mass is 16.6. The van der Waals surface area contributed by atoms with Crippen LogP contribution in [-0.4, -0.2) is 61.0 Å². The minimum absolute atomic E-state index is 0.0286. The van der Waals surface area contributed by atoms with Gasteiger partial charge in [-0.25, -0.2) is 14.8 Å². The second kappa shape index (κ2) is 13.8. The third-order valence-corrected chi connectivity index (χ3v) is 11.8. The number of aromatic nitrogens is 2. The molecule has 0 unspecified atom stereocenters. The number of pyridine rings is 1. The number of aryl methyl sites for hydroxylation is 1. The van der Waals surface area contributed by atoms with Crippen molar-refractivity contribution in [3.05, 3.63) is 59.8 Å². The van der Waals surface area contributed by atoms with E-state index in [4.69, 9.17) is 28.6 Å². The lowest BCUT2D eigenvalue weighted by Gasteiger charge is -2.55. The van der Waals surface area contributed by atoms with Gasteiger partial charge >= 0.3 is 6.09 Å². The van der Waals surface area contributed by atoms with Crippen LogP contribution in [0.15, 0.2) is 47.2 Å². The zero-order valence-corrected chi connectivity index (χ0v) is 29.3. The predicted molar refractivity (Wildman–Crippen MR) is 186 cm³/mol. The highest BCUT2D eigenvalue weighted by molar-refractivity contribution is 5.95. The molecule has 10 nitrogen and oxygen atoms in total. The topological polar surface area (TPSA) is 116 Å². The van der Waals surface area contributed by atoms with Crippen LogP contribution in [0.5, 0.6) is 5.75 Å². The summed E-state index contributed by atoms with van der Waals surface area (Å²) in [6, 6.07) is 10.7. The molecule has 4 aliphatic carbocycles. The Balaban J connectivity index is 1.09. The number of hydrogen-bond acceptors (Lipinski definition) is 8. The maximum Gasteiger partial charge on any atom is 0.407 e. The van der Waals surface area contributed by atoms with Crippen LogP contribution in [0.1, 0.15) is 101 Å². The number of alkyl carbamates (subject to hydrolysis) is 1. The van der Waals surface area contributed by atoms with Gasteiger partial charge in [-0.05, 0) is 111 Å². The molecule has 10 heteroatoms. The summed E-state index contributed by atoms with van der Waals surface area (Å²) < 4.78 is 22.2. The van der Waals surface area contributed by atoms with Gasteiger partial charge in [0.1, 0.15) is 29.6 Å². The number of carbonyl (C=O) groups excluding carboxylic acids is 2. The zero-order chi connectivity index (χ0) is 34.2. The number of nitrogens with zero attached hydrogens (tertiary/aromatic N) is 3. The van der Waals surface area contributed by atoms with Gasteiger partial charge in [-0.1, -0.05) is 26.0 Å². The molecule has 1 saturated heterocycles. The fourth-order valence-electron chi connectivity index (χ4n) is 8.48.